The summed E-state index contributed by atoms with van der Waals surface area (Å²) >= 11 is 0. The second kappa shape index (κ2) is 16.5. The van der Waals surface area contributed by atoms with E-state index < -0.39 is 28.9 Å². The van der Waals surface area contributed by atoms with Crippen LogP contribution < -0.4 is 0 Å². The first kappa shape index (κ1) is 46.4. The number of carboxylic acid groups (broad SMARTS) is 1. The highest BCUT2D eigenvalue weighted by atomic mass is 19.1. The van der Waals surface area contributed by atoms with Gasteiger partial charge in [-0.1, -0.05) is 60.6 Å². The van der Waals surface area contributed by atoms with Crippen LogP contribution in [-0.2, 0) is 35.2 Å². The molecule has 0 aliphatic heterocycles. The fourth-order valence-corrected chi connectivity index (χ4v) is 14.1. The Balaban J connectivity index is 1.33. The van der Waals surface area contributed by atoms with Gasteiger partial charge in [-0.3, -0.25) is 24.1 Å². The summed E-state index contributed by atoms with van der Waals surface area (Å²) in [6, 6.07) is 6.63. The van der Waals surface area contributed by atoms with Gasteiger partial charge < -0.3 is 19.5 Å². The number of likely N-dealkylation sites (N-methyl/N-ethyl adjacent to an activating group) is 1. The molecule has 0 spiro atoms. The van der Waals surface area contributed by atoms with Crippen molar-refractivity contribution in [3.63, 3.8) is 0 Å². The van der Waals surface area contributed by atoms with Crippen LogP contribution in [0.25, 0.3) is 0 Å². The zero-order valence-electron chi connectivity index (χ0n) is 38.8. The molecule has 0 heterocycles. The first-order chi connectivity index (χ1) is 27.8. The van der Waals surface area contributed by atoms with Crippen LogP contribution in [0, 0.1) is 62.0 Å². The van der Waals surface area contributed by atoms with E-state index >= 15 is 0 Å². The number of carbonyl (C=O) groups is 4. The fourth-order valence-electron chi connectivity index (χ4n) is 14.1. The van der Waals surface area contributed by atoms with E-state index in [-0.39, 0.29) is 63.6 Å². The number of Topliss-reactive ketones (excluding diaryl/α,β-unsaturated/α-hetero) is 1. The van der Waals surface area contributed by atoms with E-state index in [1.54, 1.807) is 13.8 Å². The fraction of sp³-hybridized carbons (Fsp3) is 0.760. The molecule has 0 radical (unpaired) electrons. The van der Waals surface area contributed by atoms with Crippen LogP contribution in [0.3, 0.4) is 0 Å². The summed E-state index contributed by atoms with van der Waals surface area (Å²) in [6.07, 6.45) is 6.85. The molecule has 4 fully saturated rings. The number of carbonyl (C=O) groups excluding carboxylic acids is 3. The van der Waals surface area contributed by atoms with Crippen molar-refractivity contribution < 1.29 is 38.1 Å². The maximum absolute atomic E-state index is 14.6. The summed E-state index contributed by atoms with van der Waals surface area (Å²) in [5, 5.41) is 9.67. The number of nitrogens with zero attached hydrogens (tertiary/aromatic N) is 2. The van der Waals surface area contributed by atoms with Gasteiger partial charge in [0, 0.05) is 50.4 Å². The maximum Gasteiger partial charge on any atom is 0.309 e. The van der Waals surface area contributed by atoms with Crippen molar-refractivity contribution in [2.45, 2.75) is 152 Å². The molecular formula is C50H75FN2O7. The molecule has 9 unspecified atom stereocenters. The molecule has 4 saturated carbocycles. The third kappa shape index (κ3) is 8.03. The summed E-state index contributed by atoms with van der Waals surface area (Å²) in [5.74, 6) is -0.888. The molecule has 0 saturated heterocycles. The number of allylic oxidation sites excluding steroid dienone is 1. The van der Waals surface area contributed by atoms with Gasteiger partial charge in [0.25, 0.3) is 0 Å². The molecule has 1 N–H and O–H groups in total. The number of fused-ring (bicyclic) bond motifs is 7. The van der Waals surface area contributed by atoms with Gasteiger partial charge in [-0.25, -0.2) is 4.39 Å². The lowest BCUT2D eigenvalue weighted by molar-refractivity contribution is -0.235. The van der Waals surface area contributed by atoms with Gasteiger partial charge in [-0.15, -0.1) is 0 Å². The zero-order chi connectivity index (χ0) is 44.4. The quantitative estimate of drug-likeness (QED) is 0.183. The molecule has 334 valence electrons. The number of esters is 2. The Morgan fingerprint density at radius 2 is 1.57 bits per heavy atom. The lowest BCUT2D eigenvalue weighted by atomic mass is 9.33. The largest absolute Gasteiger partial charge is 0.481 e. The Hall–Kier alpha value is -3.11. The monoisotopic (exact) mass is 835 g/mol. The van der Waals surface area contributed by atoms with E-state index in [1.807, 2.05) is 26.2 Å². The van der Waals surface area contributed by atoms with Crippen molar-refractivity contribution in [1.29, 1.82) is 0 Å². The number of hydrogen-bond donors (Lipinski definition) is 1. The van der Waals surface area contributed by atoms with Crippen molar-refractivity contribution in [2.24, 2.45) is 56.2 Å². The summed E-state index contributed by atoms with van der Waals surface area (Å²) < 4.78 is 26.7. The first-order valence-electron chi connectivity index (χ1n) is 22.8. The van der Waals surface area contributed by atoms with Gasteiger partial charge in [0.15, 0.2) is 5.78 Å². The summed E-state index contributed by atoms with van der Waals surface area (Å²) in [4.78, 5) is 57.2. The maximum atomic E-state index is 14.6. The van der Waals surface area contributed by atoms with E-state index in [2.05, 4.69) is 58.3 Å². The number of hydrogen-bond acceptors (Lipinski definition) is 8. The molecule has 6 rings (SSSR count). The van der Waals surface area contributed by atoms with E-state index in [1.165, 1.54) is 24.6 Å². The van der Waals surface area contributed by atoms with Gasteiger partial charge in [0.05, 0.1) is 11.8 Å². The Bertz CT molecular complexity index is 1850. The van der Waals surface area contributed by atoms with Crippen LogP contribution in [0.1, 0.15) is 139 Å². The number of rotatable bonds is 14. The topological polar surface area (TPSA) is 113 Å². The molecule has 5 aliphatic rings. The number of ether oxygens (including phenoxy) is 2. The molecule has 9 atom stereocenters. The number of halogens is 1. The summed E-state index contributed by atoms with van der Waals surface area (Å²) in [5.41, 5.74) is 1.03. The summed E-state index contributed by atoms with van der Waals surface area (Å²) in [7, 11) is 4.09. The van der Waals surface area contributed by atoms with E-state index in [4.69, 9.17) is 9.47 Å². The predicted molar refractivity (Wildman–Crippen MR) is 231 cm³/mol. The van der Waals surface area contributed by atoms with Crippen molar-refractivity contribution in [3.8, 4) is 0 Å². The summed E-state index contributed by atoms with van der Waals surface area (Å²) in [6.45, 7) is 23.6. The molecule has 9 nitrogen and oxygen atoms in total. The van der Waals surface area contributed by atoms with Crippen LogP contribution in [0.15, 0.2) is 35.4 Å². The Morgan fingerprint density at radius 3 is 2.17 bits per heavy atom. The van der Waals surface area contributed by atoms with Gasteiger partial charge in [0.2, 0.25) is 0 Å². The first-order valence-corrected chi connectivity index (χ1v) is 22.8. The molecular weight excluding hydrogens is 760 g/mol. The Labute approximate surface area is 359 Å². The second-order valence-electron chi connectivity index (χ2n) is 22.3. The van der Waals surface area contributed by atoms with Gasteiger partial charge in [-0.2, -0.15) is 0 Å². The molecule has 0 bridgehead atoms. The van der Waals surface area contributed by atoms with Gasteiger partial charge >= 0.3 is 17.9 Å². The molecule has 60 heavy (non-hydrogen) atoms. The highest BCUT2D eigenvalue weighted by Gasteiger charge is 2.71. The standard InChI is InChI=1S/C50H75FN2O7/c1-31(2)42-36(55)27-50(40(59-32(3)54)30-53(26-25-52(11)12)29-33-13-15-34(51)16-14-33)24-23-48(9)35(43(42)50)17-18-38-47(8)21-20-39(60-41(56)28-45(4,5)44(57)58)46(6,7)37(47)19-22-49(38,48)10/h13-16,31,35,37-40H,17-30H2,1-12H3,(H,57,58). The number of ketones is 1. The molecule has 10 heteroatoms. The molecule has 5 aliphatic carbocycles. The minimum Gasteiger partial charge on any atom is -0.481 e. The molecule has 0 amide bonds. The molecule has 0 aromatic heterocycles. The van der Waals surface area contributed by atoms with Crippen LogP contribution in [0.4, 0.5) is 4.39 Å². The van der Waals surface area contributed by atoms with Crippen molar-refractivity contribution in [3.05, 3.63) is 46.8 Å². The van der Waals surface area contributed by atoms with Crippen LogP contribution >= 0.6 is 0 Å². The third-order valence-corrected chi connectivity index (χ3v) is 17.4. The lowest BCUT2D eigenvalue weighted by Crippen LogP contribution is -2.66. The van der Waals surface area contributed by atoms with Crippen molar-refractivity contribution in [2.75, 3.05) is 33.7 Å². The molecule has 1 aromatic carbocycles. The average molecular weight is 835 g/mol. The Kier molecular flexibility index (Phi) is 12.8. The SMILES string of the molecule is CC(=O)OC(CN(CCN(C)C)Cc1ccc(F)cc1)C12CCC3(C)C(CCC4C5(C)CCC(OC(=O)CC(C)(C)C(=O)O)C(C)(C)C5CCC43C)C1=C(C(C)C)C(=O)C2. The third-order valence-electron chi connectivity index (χ3n) is 17.4. The van der Waals surface area contributed by atoms with Crippen molar-refractivity contribution >= 4 is 23.7 Å². The minimum atomic E-state index is -1.19. The van der Waals surface area contributed by atoms with E-state index in [0.717, 1.165) is 75.6 Å². The minimum absolute atomic E-state index is 0.0105. The highest BCUT2D eigenvalue weighted by Crippen LogP contribution is 2.77. The van der Waals surface area contributed by atoms with Crippen molar-refractivity contribution in [1.82, 2.24) is 9.80 Å². The average Bonchev–Trinajstić information content (AvgIpc) is 3.45. The number of benzene rings is 1. The van der Waals surface area contributed by atoms with E-state index in [9.17, 15) is 28.7 Å². The predicted octanol–water partition coefficient (Wildman–Crippen LogP) is 9.51. The number of aliphatic carboxylic acids is 1. The second-order valence-corrected chi connectivity index (χ2v) is 22.3. The normalized spacial score (nSPS) is 34.2. The molecule has 1 aromatic rings. The zero-order valence-corrected chi connectivity index (χ0v) is 38.8. The van der Waals surface area contributed by atoms with Crippen LogP contribution in [-0.4, -0.2) is 84.5 Å². The highest BCUT2D eigenvalue weighted by molar-refractivity contribution is 6.01. The van der Waals surface area contributed by atoms with E-state index in [0.29, 0.717) is 31.3 Å². The van der Waals surface area contributed by atoms with Crippen LogP contribution in [0.5, 0.6) is 0 Å². The smallest absolute Gasteiger partial charge is 0.309 e. The van der Waals surface area contributed by atoms with Crippen LogP contribution in [0.2, 0.25) is 0 Å². The van der Waals surface area contributed by atoms with Gasteiger partial charge in [-0.05, 0) is 148 Å². The van der Waals surface area contributed by atoms with Gasteiger partial charge in [0.1, 0.15) is 18.0 Å². The Morgan fingerprint density at radius 1 is 0.900 bits per heavy atom. The number of carboxylic acids is 1. The lowest BCUT2D eigenvalue weighted by Gasteiger charge is -2.72.